The van der Waals surface area contributed by atoms with Crippen LogP contribution in [-0.4, -0.2) is 22.0 Å². The number of amides is 1. The van der Waals surface area contributed by atoms with E-state index in [-0.39, 0.29) is 11.7 Å². The lowest BCUT2D eigenvalue weighted by atomic mass is 10.2. The predicted molar refractivity (Wildman–Crippen MR) is 66.6 cm³/mol. The van der Waals surface area contributed by atoms with Crippen molar-refractivity contribution in [3.05, 3.63) is 29.8 Å². The van der Waals surface area contributed by atoms with Crippen molar-refractivity contribution in [3.8, 4) is 5.75 Å². The maximum Gasteiger partial charge on any atom is 0.223 e. The molecule has 17 heavy (non-hydrogen) atoms. The molecule has 3 nitrogen and oxygen atoms in total. The summed E-state index contributed by atoms with van der Waals surface area (Å²) in [4.78, 5) is 13.9. The number of rotatable bonds is 5. The van der Waals surface area contributed by atoms with Gasteiger partial charge in [-0.25, -0.2) is 0 Å². The number of benzene rings is 1. The Morgan fingerprint density at radius 2 is 2.24 bits per heavy atom. The van der Waals surface area contributed by atoms with E-state index in [0.29, 0.717) is 19.0 Å². The lowest BCUT2D eigenvalue weighted by Gasteiger charge is -2.22. The molecular formula is C14H19NO2. The second kappa shape index (κ2) is 5.21. The van der Waals surface area contributed by atoms with E-state index in [1.807, 2.05) is 24.0 Å². The smallest absolute Gasteiger partial charge is 0.223 e. The van der Waals surface area contributed by atoms with Crippen LogP contribution in [0, 0.1) is 0 Å². The van der Waals surface area contributed by atoms with Crippen LogP contribution in [0.5, 0.6) is 5.75 Å². The molecule has 0 atom stereocenters. The second-order valence-electron chi connectivity index (χ2n) is 4.67. The number of phenols is 1. The molecule has 0 bridgehead atoms. The normalized spacial score (nSPS) is 14.6. The van der Waals surface area contributed by atoms with Gasteiger partial charge in [-0.3, -0.25) is 4.79 Å². The van der Waals surface area contributed by atoms with Crippen LogP contribution < -0.4 is 0 Å². The third kappa shape index (κ3) is 3.22. The number of aromatic hydroxyl groups is 1. The molecule has 0 unspecified atom stereocenters. The fourth-order valence-electron chi connectivity index (χ4n) is 2.02. The summed E-state index contributed by atoms with van der Waals surface area (Å²) in [6, 6.07) is 7.58. The highest BCUT2D eigenvalue weighted by Gasteiger charge is 2.31. The number of hydrogen-bond acceptors (Lipinski definition) is 2. The summed E-state index contributed by atoms with van der Waals surface area (Å²) in [5, 5.41) is 9.42. The second-order valence-corrected chi connectivity index (χ2v) is 4.67. The molecule has 1 aliphatic carbocycles. The zero-order valence-electron chi connectivity index (χ0n) is 10.2. The van der Waals surface area contributed by atoms with Gasteiger partial charge in [0, 0.05) is 19.0 Å². The van der Waals surface area contributed by atoms with Crippen molar-refractivity contribution in [1.82, 2.24) is 4.90 Å². The van der Waals surface area contributed by atoms with Gasteiger partial charge in [0.25, 0.3) is 0 Å². The minimum atomic E-state index is 0.235. The average Bonchev–Trinajstić information content (AvgIpc) is 3.10. The molecule has 92 valence electrons. The van der Waals surface area contributed by atoms with E-state index >= 15 is 0 Å². The highest BCUT2D eigenvalue weighted by molar-refractivity contribution is 5.76. The van der Waals surface area contributed by atoms with Crippen LogP contribution in [0.15, 0.2) is 24.3 Å². The summed E-state index contributed by atoms with van der Waals surface area (Å²) in [7, 11) is 0. The van der Waals surface area contributed by atoms with E-state index in [1.165, 1.54) is 0 Å². The number of phenolic OH excluding ortho intramolecular Hbond substituents is 1. The van der Waals surface area contributed by atoms with E-state index in [2.05, 4.69) is 0 Å². The fraction of sp³-hybridized carbons (Fsp3) is 0.500. The van der Waals surface area contributed by atoms with Gasteiger partial charge in [-0.15, -0.1) is 0 Å². The Morgan fingerprint density at radius 1 is 1.47 bits per heavy atom. The highest BCUT2D eigenvalue weighted by atomic mass is 16.3. The van der Waals surface area contributed by atoms with Gasteiger partial charge in [-0.05, 0) is 37.0 Å². The molecule has 1 N–H and O–H groups in total. The molecule has 1 amide bonds. The summed E-state index contributed by atoms with van der Waals surface area (Å²) in [5.41, 5.74) is 1.00. The van der Waals surface area contributed by atoms with E-state index < -0.39 is 0 Å². The Balaban J connectivity index is 2.05. The van der Waals surface area contributed by atoms with Gasteiger partial charge in [0.15, 0.2) is 0 Å². The largest absolute Gasteiger partial charge is 0.508 e. The number of carbonyl (C=O) groups excluding carboxylic acids is 1. The van der Waals surface area contributed by atoms with Crippen molar-refractivity contribution < 1.29 is 9.90 Å². The summed E-state index contributed by atoms with van der Waals surface area (Å²) in [5.74, 6) is 0.500. The van der Waals surface area contributed by atoms with Gasteiger partial charge in [-0.1, -0.05) is 19.1 Å². The standard InChI is InChI=1S/C14H19NO2/c1-2-4-14(17)15(12-7-8-12)10-11-5-3-6-13(16)9-11/h3,5-6,9,12,16H,2,4,7-8,10H2,1H3. The van der Waals surface area contributed by atoms with Crippen molar-refractivity contribution >= 4 is 5.91 Å². The van der Waals surface area contributed by atoms with Gasteiger partial charge in [0.2, 0.25) is 5.91 Å². The molecule has 0 aromatic heterocycles. The molecule has 1 fully saturated rings. The van der Waals surface area contributed by atoms with Crippen LogP contribution in [0.1, 0.15) is 38.2 Å². The minimum absolute atomic E-state index is 0.235. The van der Waals surface area contributed by atoms with Gasteiger partial charge in [0.05, 0.1) is 0 Å². The predicted octanol–water partition coefficient (Wildman–Crippen LogP) is 2.68. The van der Waals surface area contributed by atoms with Crippen molar-refractivity contribution in [2.24, 2.45) is 0 Å². The first-order valence-electron chi connectivity index (χ1n) is 6.28. The Labute approximate surface area is 102 Å². The maximum absolute atomic E-state index is 12.0. The molecule has 2 rings (SSSR count). The fourth-order valence-corrected chi connectivity index (χ4v) is 2.02. The van der Waals surface area contributed by atoms with Crippen LogP contribution in [0.4, 0.5) is 0 Å². The Kier molecular flexibility index (Phi) is 3.67. The lowest BCUT2D eigenvalue weighted by molar-refractivity contribution is -0.132. The van der Waals surface area contributed by atoms with Crippen LogP contribution in [0.25, 0.3) is 0 Å². The van der Waals surface area contributed by atoms with Crippen LogP contribution >= 0.6 is 0 Å². The van der Waals surface area contributed by atoms with E-state index in [9.17, 15) is 9.90 Å². The van der Waals surface area contributed by atoms with Crippen molar-refractivity contribution in [2.75, 3.05) is 0 Å². The SMILES string of the molecule is CCCC(=O)N(Cc1cccc(O)c1)C1CC1. The minimum Gasteiger partial charge on any atom is -0.508 e. The molecule has 1 aromatic carbocycles. The molecule has 0 saturated heterocycles. The third-order valence-electron chi connectivity index (χ3n) is 3.04. The van der Waals surface area contributed by atoms with Crippen molar-refractivity contribution in [2.45, 2.75) is 45.2 Å². The van der Waals surface area contributed by atoms with E-state index in [4.69, 9.17) is 0 Å². The maximum atomic E-state index is 12.0. The number of nitrogens with zero attached hydrogens (tertiary/aromatic N) is 1. The summed E-state index contributed by atoms with van der Waals surface area (Å²) in [6.07, 6.45) is 3.75. The molecule has 0 aliphatic heterocycles. The molecular weight excluding hydrogens is 214 g/mol. The lowest BCUT2D eigenvalue weighted by Crippen LogP contribution is -2.32. The molecule has 0 spiro atoms. The topological polar surface area (TPSA) is 40.5 Å². The molecule has 0 radical (unpaired) electrons. The Bertz CT molecular complexity index is 399. The van der Waals surface area contributed by atoms with E-state index in [0.717, 1.165) is 24.8 Å². The zero-order valence-corrected chi connectivity index (χ0v) is 10.2. The van der Waals surface area contributed by atoms with Crippen LogP contribution in [-0.2, 0) is 11.3 Å². The molecule has 3 heteroatoms. The first-order valence-corrected chi connectivity index (χ1v) is 6.28. The van der Waals surface area contributed by atoms with Crippen LogP contribution in [0.3, 0.4) is 0 Å². The van der Waals surface area contributed by atoms with E-state index in [1.54, 1.807) is 12.1 Å². The van der Waals surface area contributed by atoms with Gasteiger partial charge >= 0.3 is 0 Å². The first-order chi connectivity index (χ1) is 8.20. The van der Waals surface area contributed by atoms with Crippen molar-refractivity contribution in [3.63, 3.8) is 0 Å². The first kappa shape index (κ1) is 12.0. The molecule has 1 saturated carbocycles. The molecule has 1 aromatic rings. The average molecular weight is 233 g/mol. The Morgan fingerprint density at radius 3 is 2.82 bits per heavy atom. The quantitative estimate of drug-likeness (QED) is 0.849. The molecule has 1 aliphatic rings. The van der Waals surface area contributed by atoms with Crippen molar-refractivity contribution in [1.29, 1.82) is 0 Å². The number of carbonyl (C=O) groups is 1. The summed E-state index contributed by atoms with van der Waals surface area (Å²) in [6.45, 7) is 2.65. The Hall–Kier alpha value is -1.51. The highest BCUT2D eigenvalue weighted by Crippen LogP contribution is 2.29. The summed E-state index contributed by atoms with van der Waals surface area (Å²) < 4.78 is 0. The third-order valence-corrected chi connectivity index (χ3v) is 3.04. The monoisotopic (exact) mass is 233 g/mol. The zero-order chi connectivity index (χ0) is 12.3. The van der Waals surface area contributed by atoms with Gasteiger partial charge in [-0.2, -0.15) is 0 Å². The number of hydrogen-bond donors (Lipinski definition) is 1. The molecule has 0 heterocycles. The van der Waals surface area contributed by atoms with Gasteiger partial charge in [0.1, 0.15) is 5.75 Å². The van der Waals surface area contributed by atoms with Gasteiger partial charge < -0.3 is 10.0 Å². The van der Waals surface area contributed by atoms with Crippen LogP contribution in [0.2, 0.25) is 0 Å². The summed E-state index contributed by atoms with van der Waals surface area (Å²) >= 11 is 0.